The fraction of sp³-hybridized carbons (Fsp3) is 0.125. The van der Waals surface area contributed by atoms with Gasteiger partial charge >= 0.3 is 0 Å². The van der Waals surface area contributed by atoms with Crippen LogP contribution in [0.4, 0.5) is 17.1 Å². The first-order valence-corrected chi connectivity index (χ1v) is 17.6. The van der Waals surface area contributed by atoms with Crippen molar-refractivity contribution in [2.24, 2.45) is 5.92 Å². The highest BCUT2D eigenvalue weighted by atomic mass is 15.1. The van der Waals surface area contributed by atoms with Crippen LogP contribution in [-0.2, 0) is 0 Å². The van der Waals surface area contributed by atoms with Crippen LogP contribution in [0.1, 0.15) is 49.3 Å². The smallest absolute Gasteiger partial charge is 0.0468 e. The van der Waals surface area contributed by atoms with E-state index in [1.165, 1.54) is 55.6 Å². The Morgan fingerprint density at radius 2 is 1.04 bits per heavy atom. The molecule has 6 aromatic carbocycles. The lowest BCUT2D eigenvalue weighted by atomic mass is 9.86. The van der Waals surface area contributed by atoms with Crippen LogP contribution in [0.2, 0.25) is 0 Å². The molecule has 238 valence electrons. The van der Waals surface area contributed by atoms with Crippen LogP contribution in [0.5, 0.6) is 0 Å². The molecular weight excluding hydrogens is 591 g/mol. The van der Waals surface area contributed by atoms with Gasteiger partial charge in [-0.05, 0) is 123 Å². The van der Waals surface area contributed by atoms with Crippen LogP contribution in [0.25, 0.3) is 45.0 Å². The van der Waals surface area contributed by atoms with Crippen LogP contribution in [0.15, 0.2) is 170 Å². The van der Waals surface area contributed by atoms with Crippen LogP contribution in [0.3, 0.4) is 0 Å². The molecule has 0 bridgehead atoms. The van der Waals surface area contributed by atoms with E-state index < -0.39 is 0 Å². The van der Waals surface area contributed by atoms with Gasteiger partial charge in [-0.2, -0.15) is 0 Å². The predicted octanol–water partition coefficient (Wildman–Crippen LogP) is 13.7. The Kier molecular flexibility index (Phi) is 8.42. The number of hydrogen-bond acceptors (Lipinski definition) is 1. The fourth-order valence-corrected chi connectivity index (χ4v) is 7.36. The summed E-state index contributed by atoms with van der Waals surface area (Å²) in [6.07, 6.45) is 13.8. The molecule has 8 rings (SSSR count). The van der Waals surface area contributed by atoms with Gasteiger partial charge in [0.05, 0.1) is 0 Å². The summed E-state index contributed by atoms with van der Waals surface area (Å²) < 4.78 is 0. The van der Waals surface area contributed by atoms with Crippen molar-refractivity contribution in [2.75, 3.05) is 4.90 Å². The average molecular weight is 632 g/mol. The highest BCUT2D eigenvalue weighted by molar-refractivity contribution is 5.90. The second-order valence-electron chi connectivity index (χ2n) is 13.5. The highest BCUT2D eigenvalue weighted by Crippen LogP contribution is 2.42. The van der Waals surface area contributed by atoms with Gasteiger partial charge < -0.3 is 4.90 Å². The Bertz CT molecular complexity index is 2170. The van der Waals surface area contributed by atoms with Crippen molar-refractivity contribution in [3.8, 4) is 33.4 Å². The summed E-state index contributed by atoms with van der Waals surface area (Å²) in [5.41, 5.74) is 16.1. The maximum absolute atomic E-state index is 2.41. The van der Waals surface area contributed by atoms with E-state index in [1.807, 2.05) is 0 Å². The molecule has 2 aliphatic carbocycles. The van der Waals surface area contributed by atoms with Gasteiger partial charge in [-0.15, -0.1) is 0 Å². The van der Waals surface area contributed by atoms with Crippen LogP contribution in [0, 0.1) is 5.92 Å². The van der Waals surface area contributed by atoms with Crippen LogP contribution >= 0.6 is 0 Å². The van der Waals surface area contributed by atoms with E-state index in [4.69, 9.17) is 0 Å². The molecule has 0 aliphatic heterocycles. The number of nitrogens with zero attached hydrogens (tertiary/aromatic N) is 1. The van der Waals surface area contributed by atoms with E-state index >= 15 is 0 Å². The second kappa shape index (κ2) is 13.5. The Morgan fingerprint density at radius 1 is 0.469 bits per heavy atom. The minimum atomic E-state index is 0.524. The van der Waals surface area contributed by atoms with E-state index in [9.17, 15) is 0 Å². The van der Waals surface area contributed by atoms with Crippen molar-refractivity contribution in [1.29, 1.82) is 0 Å². The quantitative estimate of drug-likeness (QED) is 0.169. The summed E-state index contributed by atoms with van der Waals surface area (Å²) in [5.74, 6) is 1.09. The lowest BCUT2D eigenvalue weighted by Crippen LogP contribution is -2.10. The molecule has 0 heterocycles. The zero-order chi connectivity index (χ0) is 33.2. The third kappa shape index (κ3) is 6.33. The van der Waals surface area contributed by atoms with Crippen LogP contribution < -0.4 is 4.90 Å². The monoisotopic (exact) mass is 631 g/mol. The Morgan fingerprint density at radius 3 is 1.71 bits per heavy atom. The van der Waals surface area contributed by atoms with E-state index in [0.717, 1.165) is 29.9 Å². The molecule has 0 spiro atoms. The summed E-state index contributed by atoms with van der Waals surface area (Å²) in [6, 6.07) is 53.4. The largest absolute Gasteiger partial charge is 0.310 e. The minimum absolute atomic E-state index is 0.524. The standard InChI is InChI=1S/C48H41N/c1-34-11-9-17-41(31-34)47-30-28-45(33-48(47)39-15-7-4-8-16-39)49(43-24-19-37(20-25-43)36-13-5-3-6-14-36)44-26-21-38(22-27-44)40-23-29-46-35(2)12-10-18-42(46)32-40/h3-10,13-35H,11-12H2,1-2H3. The maximum Gasteiger partial charge on any atom is 0.0468 e. The molecule has 2 aliphatic rings. The van der Waals surface area contributed by atoms with Crippen LogP contribution in [-0.4, -0.2) is 0 Å². The summed E-state index contributed by atoms with van der Waals surface area (Å²) in [4.78, 5) is 2.39. The summed E-state index contributed by atoms with van der Waals surface area (Å²) in [5, 5.41) is 0. The summed E-state index contributed by atoms with van der Waals surface area (Å²) in [6.45, 7) is 4.61. The Balaban J connectivity index is 1.23. The third-order valence-corrected chi connectivity index (χ3v) is 10.0. The molecule has 0 amide bonds. The van der Waals surface area contributed by atoms with Gasteiger partial charge in [0.15, 0.2) is 0 Å². The predicted molar refractivity (Wildman–Crippen MR) is 210 cm³/mol. The Labute approximate surface area is 291 Å². The lowest BCUT2D eigenvalue weighted by molar-refractivity contribution is 0.740. The first-order valence-electron chi connectivity index (χ1n) is 17.6. The first kappa shape index (κ1) is 30.7. The molecule has 1 heteroatoms. The molecular formula is C48H41N. The van der Waals surface area contributed by atoms with Crippen molar-refractivity contribution < 1.29 is 0 Å². The molecule has 0 aromatic heterocycles. The van der Waals surface area contributed by atoms with Crippen molar-refractivity contribution in [3.63, 3.8) is 0 Å². The maximum atomic E-state index is 2.41. The van der Waals surface area contributed by atoms with Gasteiger partial charge in [-0.1, -0.05) is 147 Å². The van der Waals surface area contributed by atoms with Gasteiger partial charge in [0, 0.05) is 17.1 Å². The van der Waals surface area contributed by atoms with E-state index in [0.29, 0.717) is 11.8 Å². The lowest BCUT2D eigenvalue weighted by Gasteiger charge is -2.27. The van der Waals surface area contributed by atoms with Gasteiger partial charge in [-0.3, -0.25) is 0 Å². The van der Waals surface area contributed by atoms with E-state index in [-0.39, 0.29) is 0 Å². The zero-order valence-electron chi connectivity index (χ0n) is 28.3. The molecule has 2 atom stereocenters. The van der Waals surface area contributed by atoms with Gasteiger partial charge in [0.25, 0.3) is 0 Å². The average Bonchev–Trinajstić information content (AvgIpc) is 3.16. The minimum Gasteiger partial charge on any atom is -0.310 e. The van der Waals surface area contributed by atoms with Gasteiger partial charge in [-0.25, -0.2) is 0 Å². The SMILES string of the molecule is CC1C=C(c2ccc(N(c3ccc(-c4ccccc4)cc3)c3ccc(-c4ccc5c(c4)C=CCC5C)cc3)cc2-c2ccccc2)C=CC1. The normalized spacial score (nSPS) is 16.6. The molecule has 0 radical (unpaired) electrons. The fourth-order valence-electron chi connectivity index (χ4n) is 7.36. The molecule has 0 fully saturated rings. The summed E-state index contributed by atoms with van der Waals surface area (Å²) in [7, 11) is 0. The van der Waals surface area contributed by atoms with Gasteiger partial charge in [0.2, 0.25) is 0 Å². The molecule has 2 unspecified atom stereocenters. The van der Waals surface area contributed by atoms with Gasteiger partial charge in [0.1, 0.15) is 0 Å². The van der Waals surface area contributed by atoms with E-state index in [2.05, 4.69) is 195 Å². The highest BCUT2D eigenvalue weighted by Gasteiger charge is 2.19. The number of benzene rings is 6. The molecule has 1 nitrogen and oxygen atoms in total. The number of allylic oxidation sites excluding steroid dienone is 5. The van der Waals surface area contributed by atoms with Crippen molar-refractivity contribution >= 4 is 28.7 Å². The van der Waals surface area contributed by atoms with Crippen molar-refractivity contribution in [1.82, 2.24) is 0 Å². The number of fused-ring (bicyclic) bond motifs is 1. The molecule has 49 heavy (non-hydrogen) atoms. The number of rotatable bonds is 7. The zero-order valence-corrected chi connectivity index (χ0v) is 28.3. The summed E-state index contributed by atoms with van der Waals surface area (Å²) >= 11 is 0. The number of anilines is 3. The molecule has 0 saturated heterocycles. The topological polar surface area (TPSA) is 3.24 Å². The van der Waals surface area contributed by atoms with E-state index in [1.54, 1.807) is 0 Å². The Hall–Kier alpha value is -5.66. The second-order valence-corrected chi connectivity index (χ2v) is 13.5. The molecule has 0 N–H and O–H groups in total. The van der Waals surface area contributed by atoms with Crippen molar-refractivity contribution in [3.05, 3.63) is 187 Å². The third-order valence-electron chi connectivity index (χ3n) is 10.0. The number of hydrogen-bond donors (Lipinski definition) is 0. The first-order chi connectivity index (χ1) is 24.1. The molecule has 6 aromatic rings. The van der Waals surface area contributed by atoms with Crippen molar-refractivity contribution in [2.45, 2.75) is 32.6 Å². The molecule has 0 saturated carbocycles.